The molecule has 268 valence electrons. The molecule has 2 aromatic heterocycles. The fraction of sp³-hybridized carbons (Fsp3) is 0.250. The average Bonchev–Trinajstić information content (AvgIpc) is 4.03. The van der Waals surface area contributed by atoms with Crippen LogP contribution in [0.25, 0.3) is 32.7 Å². The first-order chi connectivity index (χ1) is 27.4. The van der Waals surface area contributed by atoms with Gasteiger partial charge in [0.2, 0.25) is 0 Å². The molecule has 2 saturated carbocycles. The van der Waals surface area contributed by atoms with Crippen LogP contribution in [-0.2, 0) is 10.8 Å². The summed E-state index contributed by atoms with van der Waals surface area (Å²) >= 11 is 3.67. The lowest BCUT2D eigenvalue weighted by molar-refractivity contribution is 0.103. The molecular formula is C48H32N4O2S2. The minimum atomic E-state index is -0.280. The van der Waals surface area contributed by atoms with Crippen LogP contribution in [0.1, 0.15) is 117 Å². The Balaban J connectivity index is 1.14. The molecule has 0 N–H and O–H groups in total. The number of carbonyl (C=O) groups is 2. The van der Waals surface area contributed by atoms with E-state index in [0.717, 1.165) is 75.4 Å². The smallest absolute Gasteiger partial charge is 0.194 e. The highest BCUT2D eigenvalue weighted by atomic mass is 32.1. The van der Waals surface area contributed by atoms with E-state index < -0.39 is 0 Å². The number of ketones is 2. The second-order valence-electron chi connectivity index (χ2n) is 15.6. The molecule has 0 unspecified atom stereocenters. The minimum Gasteiger partial charge on any atom is -0.289 e. The van der Waals surface area contributed by atoms with E-state index in [4.69, 9.17) is 0 Å². The lowest BCUT2D eigenvalue weighted by Gasteiger charge is -2.37. The quantitative estimate of drug-likeness (QED) is 0.148. The largest absolute Gasteiger partial charge is 0.289 e. The Hall–Kier alpha value is -6.16. The van der Waals surface area contributed by atoms with E-state index in [0.29, 0.717) is 44.5 Å². The molecule has 6 nitrogen and oxygen atoms in total. The van der Waals surface area contributed by atoms with Crippen LogP contribution in [0.15, 0.2) is 94.1 Å². The number of benzene rings is 2. The molecule has 2 fully saturated rings. The maximum atomic E-state index is 14.0. The second kappa shape index (κ2) is 12.7. The first kappa shape index (κ1) is 34.3. The van der Waals surface area contributed by atoms with Crippen molar-refractivity contribution in [2.24, 2.45) is 0 Å². The molecule has 4 aromatic rings. The van der Waals surface area contributed by atoms with Gasteiger partial charge in [0.05, 0.1) is 9.40 Å². The van der Waals surface area contributed by atoms with Gasteiger partial charge in [-0.2, -0.15) is 21.0 Å². The zero-order valence-corrected chi connectivity index (χ0v) is 32.1. The topological polar surface area (TPSA) is 129 Å². The van der Waals surface area contributed by atoms with Crippen molar-refractivity contribution in [1.82, 2.24) is 0 Å². The standard InChI is InChI=1S/C48H32N4O2S2/c49-23-27(24-50)39-31-11-3-5-13-33(31)43(53)35(39)19-29-21-37-41(47(29)15-7-1-8-16-47)45-46(55-37)42-38(56-45)22-30(48(42)17-9-2-10-18-48)20-36-40(28(25-51)26-52)32-12-4-6-14-34(32)44(36)54/h3-6,11-14,19-22H,1-2,7-10,15-18H2/b35-19-,36-20-. The Labute approximate surface area is 332 Å². The Morgan fingerprint density at radius 3 is 1.25 bits per heavy atom. The number of nitrogens with zero attached hydrogens (tertiary/aromatic N) is 4. The van der Waals surface area contributed by atoms with Crippen LogP contribution < -0.4 is 0 Å². The summed E-state index contributed by atoms with van der Waals surface area (Å²) in [6.07, 6.45) is 19.0. The highest BCUT2D eigenvalue weighted by Crippen LogP contribution is 2.64. The molecule has 0 saturated heterocycles. The number of carbonyl (C=O) groups excluding carboxylic acids is 2. The van der Waals surface area contributed by atoms with Crippen LogP contribution in [0.5, 0.6) is 0 Å². The van der Waals surface area contributed by atoms with Crippen LogP contribution in [0.2, 0.25) is 0 Å². The molecule has 0 radical (unpaired) electrons. The van der Waals surface area contributed by atoms with Gasteiger partial charge in [0.15, 0.2) is 11.6 Å². The number of hydrogen-bond acceptors (Lipinski definition) is 8. The van der Waals surface area contributed by atoms with Crippen molar-refractivity contribution in [3.8, 4) is 24.3 Å². The molecule has 0 atom stereocenters. The number of rotatable bonds is 2. The summed E-state index contributed by atoms with van der Waals surface area (Å²) < 4.78 is 2.62. The molecule has 0 amide bonds. The normalized spacial score (nSPS) is 21.0. The Bertz CT molecular complexity index is 2670. The first-order valence-corrected chi connectivity index (χ1v) is 20.9. The van der Waals surface area contributed by atoms with Gasteiger partial charge >= 0.3 is 0 Å². The molecule has 0 aliphatic heterocycles. The monoisotopic (exact) mass is 760 g/mol. The van der Waals surface area contributed by atoms with Gasteiger partial charge in [-0.05, 0) is 83.4 Å². The van der Waals surface area contributed by atoms with Crippen molar-refractivity contribution in [2.45, 2.75) is 75.0 Å². The van der Waals surface area contributed by atoms with E-state index in [1.54, 1.807) is 12.1 Å². The van der Waals surface area contributed by atoms with Crippen molar-refractivity contribution in [3.63, 3.8) is 0 Å². The van der Waals surface area contributed by atoms with Gasteiger partial charge < -0.3 is 0 Å². The number of nitriles is 4. The zero-order chi connectivity index (χ0) is 38.3. The summed E-state index contributed by atoms with van der Waals surface area (Å²) in [6, 6.07) is 22.8. The zero-order valence-electron chi connectivity index (χ0n) is 30.4. The van der Waals surface area contributed by atoms with Crippen molar-refractivity contribution >= 4 is 66.9 Å². The van der Waals surface area contributed by atoms with E-state index in [9.17, 15) is 30.6 Å². The molecule has 10 rings (SSSR count). The predicted molar refractivity (Wildman–Crippen MR) is 219 cm³/mol. The third-order valence-electron chi connectivity index (χ3n) is 13.1. The number of hydrogen-bond donors (Lipinski definition) is 0. The number of Topliss-reactive ketones (excluding diaryl/α,β-unsaturated/α-hetero) is 2. The fourth-order valence-corrected chi connectivity index (χ4v) is 13.9. The summed E-state index contributed by atoms with van der Waals surface area (Å²) in [5.41, 5.74) is 8.30. The SMILES string of the molecule is N#CC(C#N)=C1/C(=C/C2=Cc3sc4c5c(sc4c3C23CCCCC3)C=C(/C=C2\C(=O)c3ccccc3C2=C(C#N)C#N)C52CCCCC2)C(=O)c2ccccc21. The lowest BCUT2D eigenvalue weighted by Crippen LogP contribution is -2.29. The molecule has 2 heterocycles. The van der Waals surface area contributed by atoms with Crippen LogP contribution in [0.4, 0.5) is 0 Å². The van der Waals surface area contributed by atoms with Gasteiger partial charge in [-0.15, -0.1) is 22.7 Å². The summed E-state index contributed by atoms with van der Waals surface area (Å²) in [5.74, 6) is -0.295. The lowest BCUT2D eigenvalue weighted by atomic mass is 9.66. The Morgan fingerprint density at radius 2 is 0.893 bits per heavy atom. The van der Waals surface area contributed by atoms with Crippen molar-refractivity contribution < 1.29 is 9.59 Å². The van der Waals surface area contributed by atoms with Gasteiger partial charge in [-0.1, -0.05) is 87.1 Å². The van der Waals surface area contributed by atoms with E-state index in [1.165, 1.54) is 30.3 Å². The first-order valence-electron chi connectivity index (χ1n) is 19.2. The van der Waals surface area contributed by atoms with E-state index in [-0.39, 0.29) is 33.5 Å². The summed E-state index contributed by atoms with van der Waals surface area (Å²) in [4.78, 5) is 30.5. The van der Waals surface area contributed by atoms with Crippen molar-refractivity contribution in [1.29, 1.82) is 21.0 Å². The maximum Gasteiger partial charge on any atom is 0.194 e. The van der Waals surface area contributed by atoms with Crippen molar-refractivity contribution in [2.75, 3.05) is 0 Å². The molecule has 6 aliphatic rings. The van der Waals surface area contributed by atoms with E-state index in [1.807, 2.05) is 71.2 Å². The van der Waals surface area contributed by atoms with E-state index >= 15 is 0 Å². The van der Waals surface area contributed by atoms with E-state index in [2.05, 4.69) is 36.4 Å². The molecule has 8 heteroatoms. The summed E-state index contributed by atoms with van der Waals surface area (Å²) in [7, 11) is 0. The molecule has 2 spiro atoms. The fourth-order valence-electron chi connectivity index (χ4n) is 10.7. The number of fused-ring (bicyclic) bond motifs is 9. The van der Waals surface area contributed by atoms with Gasteiger partial charge in [-0.3, -0.25) is 9.59 Å². The van der Waals surface area contributed by atoms with Gasteiger partial charge in [0.25, 0.3) is 0 Å². The Morgan fingerprint density at radius 1 is 0.536 bits per heavy atom. The Kier molecular flexibility index (Phi) is 7.78. The third-order valence-corrected chi connectivity index (χ3v) is 15.5. The maximum absolute atomic E-state index is 14.0. The van der Waals surface area contributed by atoms with Gasteiger partial charge in [-0.25, -0.2) is 0 Å². The highest BCUT2D eigenvalue weighted by molar-refractivity contribution is 7.29. The highest BCUT2D eigenvalue weighted by Gasteiger charge is 2.50. The van der Waals surface area contributed by atoms with Crippen LogP contribution >= 0.6 is 22.7 Å². The molecule has 0 bridgehead atoms. The summed E-state index contributed by atoms with van der Waals surface area (Å²) in [5, 5.41) is 40.0. The number of thiophene rings is 2. The summed E-state index contributed by atoms with van der Waals surface area (Å²) in [6.45, 7) is 0. The van der Waals surface area contributed by atoms with Gasteiger partial charge in [0.1, 0.15) is 35.4 Å². The predicted octanol–water partition coefficient (Wildman–Crippen LogP) is 11.4. The second-order valence-corrected chi connectivity index (χ2v) is 17.7. The number of allylic oxidation sites excluding steroid dienone is 10. The van der Waals surface area contributed by atoms with Crippen molar-refractivity contribution in [3.05, 3.63) is 137 Å². The molecule has 2 aromatic carbocycles. The van der Waals surface area contributed by atoms with Crippen LogP contribution in [0.3, 0.4) is 0 Å². The average molecular weight is 761 g/mol. The third kappa shape index (κ3) is 4.55. The van der Waals surface area contributed by atoms with Crippen LogP contribution in [0, 0.1) is 45.3 Å². The minimum absolute atomic E-state index is 0.0460. The molecule has 56 heavy (non-hydrogen) atoms. The van der Waals surface area contributed by atoms with Crippen LogP contribution in [-0.4, -0.2) is 11.6 Å². The molecule has 6 aliphatic carbocycles. The van der Waals surface area contributed by atoms with Gasteiger partial charge in [0, 0.05) is 54.0 Å². The molecular weight excluding hydrogens is 729 g/mol.